The molecule has 7 nitrogen and oxygen atoms in total. The molecule has 4 atom stereocenters. The number of aliphatic hydroxyl groups excluding tert-OH is 1. The Labute approximate surface area is 256 Å². The molecule has 1 fully saturated rings. The van der Waals surface area contributed by atoms with Gasteiger partial charge in [0.25, 0.3) is 0 Å². The van der Waals surface area contributed by atoms with E-state index in [1.807, 2.05) is 36.4 Å². The zero-order valence-corrected chi connectivity index (χ0v) is 25.2. The lowest BCUT2D eigenvalue weighted by atomic mass is 10.0. The number of nitrogens with two attached hydrogens (primary N) is 1. The van der Waals surface area contributed by atoms with E-state index >= 15 is 0 Å². The topological polar surface area (TPSA) is 95.8 Å². The molecule has 0 bridgehead atoms. The standard InChI is InChI=1S/C36H48N4O3/c37-20-11-1-2-12-21-38-33-24-40(22-19-30-23-39-32-18-10-9-17-31(30)32)25-34(41)36(43-27-29-15-7-4-8-16-29)35(33)42-26-28-13-5-3-6-14-28/h3-10,13-18,23,33-36,38-39,41H,1-2,11-12,19-22,24-27,37H2/t33-,34-,35-,36-/m1/s1. The first-order chi connectivity index (χ1) is 21.2. The van der Waals surface area contributed by atoms with Crippen molar-refractivity contribution in [2.75, 3.05) is 32.7 Å². The van der Waals surface area contributed by atoms with E-state index in [9.17, 15) is 5.11 Å². The van der Waals surface area contributed by atoms with E-state index in [1.165, 1.54) is 10.9 Å². The highest BCUT2D eigenvalue weighted by atomic mass is 16.5. The Morgan fingerprint density at radius 3 is 2.16 bits per heavy atom. The molecule has 1 aromatic heterocycles. The molecule has 4 aromatic rings. The number of aromatic nitrogens is 1. The fourth-order valence-electron chi connectivity index (χ4n) is 6.11. The van der Waals surface area contributed by atoms with E-state index in [-0.39, 0.29) is 12.1 Å². The summed E-state index contributed by atoms with van der Waals surface area (Å²) in [5.74, 6) is 0. The molecule has 7 heteroatoms. The molecule has 0 amide bonds. The number of H-pyrrole nitrogens is 1. The third-order valence-corrected chi connectivity index (χ3v) is 8.48. The van der Waals surface area contributed by atoms with Crippen LogP contribution in [-0.2, 0) is 29.1 Å². The summed E-state index contributed by atoms with van der Waals surface area (Å²) in [5, 5.41) is 16.8. The Kier molecular flexibility index (Phi) is 12.2. The van der Waals surface area contributed by atoms with Crippen LogP contribution in [0.2, 0.25) is 0 Å². The van der Waals surface area contributed by atoms with Gasteiger partial charge in [-0.05, 0) is 55.1 Å². The smallest absolute Gasteiger partial charge is 0.113 e. The normalized spacial score (nSPS) is 21.3. The summed E-state index contributed by atoms with van der Waals surface area (Å²) >= 11 is 0. The number of para-hydroxylation sites is 1. The number of likely N-dealkylation sites (tertiary alicyclic amines) is 1. The summed E-state index contributed by atoms with van der Waals surface area (Å²) in [6.45, 7) is 4.66. The van der Waals surface area contributed by atoms with Crippen LogP contribution in [0.1, 0.15) is 42.4 Å². The second kappa shape index (κ2) is 16.7. The zero-order chi connectivity index (χ0) is 29.7. The summed E-state index contributed by atoms with van der Waals surface area (Å²) in [4.78, 5) is 5.78. The van der Waals surface area contributed by atoms with Crippen LogP contribution < -0.4 is 11.1 Å². The van der Waals surface area contributed by atoms with Crippen LogP contribution in [0.3, 0.4) is 0 Å². The maximum absolute atomic E-state index is 11.7. The highest BCUT2D eigenvalue weighted by Gasteiger charge is 2.40. The quantitative estimate of drug-likeness (QED) is 0.138. The summed E-state index contributed by atoms with van der Waals surface area (Å²) < 4.78 is 13.2. The van der Waals surface area contributed by atoms with Gasteiger partial charge in [-0.25, -0.2) is 0 Å². The highest BCUT2D eigenvalue weighted by Crippen LogP contribution is 2.24. The number of aliphatic hydroxyl groups is 1. The Morgan fingerprint density at radius 2 is 1.44 bits per heavy atom. The fourth-order valence-corrected chi connectivity index (χ4v) is 6.11. The number of benzene rings is 3. The minimum atomic E-state index is -0.691. The predicted molar refractivity (Wildman–Crippen MR) is 174 cm³/mol. The molecule has 0 unspecified atom stereocenters. The largest absolute Gasteiger partial charge is 0.389 e. The van der Waals surface area contributed by atoms with Crippen LogP contribution in [-0.4, -0.2) is 72.1 Å². The lowest BCUT2D eigenvalue weighted by Crippen LogP contribution is -2.53. The van der Waals surface area contributed by atoms with Crippen molar-refractivity contribution in [3.63, 3.8) is 0 Å². The third-order valence-electron chi connectivity index (χ3n) is 8.48. The molecular formula is C36H48N4O3. The fraction of sp³-hybridized carbons (Fsp3) is 0.444. The van der Waals surface area contributed by atoms with E-state index in [4.69, 9.17) is 15.2 Å². The number of rotatable bonds is 16. The number of β-amino-alcohol motifs (C(OH)–C–C–N with tert-alkyl or cyclic N) is 1. The van der Waals surface area contributed by atoms with Crippen molar-refractivity contribution in [3.05, 3.63) is 108 Å². The van der Waals surface area contributed by atoms with Gasteiger partial charge >= 0.3 is 0 Å². The number of aromatic amines is 1. The molecule has 5 N–H and O–H groups in total. The van der Waals surface area contributed by atoms with E-state index in [0.717, 1.165) is 74.9 Å². The van der Waals surface area contributed by atoms with Gasteiger partial charge in [0, 0.05) is 42.8 Å². The van der Waals surface area contributed by atoms with Gasteiger partial charge in [0.15, 0.2) is 0 Å². The minimum Gasteiger partial charge on any atom is -0.389 e. The molecule has 1 saturated heterocycles. The summed E-state index contributed by atoms with van der Waals surface area (Å²) in [5.41, 5.74) is 10.4. The number of nitrogens with one attached hydrogen (secondary N) is 2. The molecular weight excluding hydrogens is 536 g/mol. The van der Waals surface area contributed by atoms with Gasteiger partial charge in [-0.1, -0.05) is 91.7 Å². The van der Waals surface area contributed by atoms with Gasteiger partial charge in [-0.2, -0.15) is 0 Å². The first-order valence-electron chi connectivity index (χ1n) is 15.9. The SMILES string of the molecule is NCCCCCCN[C@@H]1CN(CCc2c[nH]c3ccccc23)C[C@@H](O)[C@@H](OCc2ccccc2)[C@@H]1OCc1ccccc1. The minimum absolute atomic E-state index is 0.000821. The molecule has 3 aromatic carbocycles. The van der Waals surface area contributed by atoms with Gasteiger partial charge in [0.2, 0.25) is 0 Å². The summed E-state index contributed by atoms with van der Waals surface area (Å²) in [6, 6.07) is 28.9. The molecule has 0 saturated carbocycles. The first-order valence-corrected chi connectivity index (χ1v) is 15.9. The van der Waals surface area contributed by atoms with Gasteiger partial charge in [0.05, 0.1) is 19.3 Å². The molecule has 230 valence electrons. The molecule has 1 aliphatic heterocycles. The van der Waals surface area contributed by atoms with Crippen LogP contribution in [0.5, 0.6) is 0 Å². The maximum Gasteiger partial charge on any atom is 0.113 e. The number of hydrogen-bond acceptors (Lipinski definition) is 6. The Morgan fingerprint density at radius 1 is 0.791 bits per heavy atom. The summed E-state index contributed by atoms with van der Waals surface area (Å²) in [6.07, 6.45) is 5.97. The van der Waals surface area contributed by atoms with Crippen molar-refractivity contribution < 1.29 is 14.6 Å². The Bertz CT molecular complexity index is 1330. The van der Waals surface area contributed by atoms with Crippen molar-refractivity contribution >= 4 is 10.9 Å². The van der Waals surface area contributed by atoms with Crippen molar-refractivity contribution in [3.8, 4) is 0 Å². The number of hydrogen-bond donors (Lipinski definition) is 4. The molecule has 43 heavy (non-hydrogen) atoms. The maximum atomic E-state index is 11.7. The average Bonchev–Trinajstić information content (AvgIpc) is 3.41. The molecule has 0 radical (unpaired) electrons. The van der Waals surface area contributed by atoms with Gasteiger partial charge in [0.1, 0.15) is 12.2 Å². The van der Waals surface area contributed by atoms with E-state index in [2.05, 4.69) is 69.9 Å². The number of nitrogens with zero attached hydrogens (tertiary/aromatic N) is 1. The monoisotopic (exact) mass is 584 g/mol. The second-order valence-electron chi connectivity index (χ2n) is 11.7. The van der Waals surface area contributed by atoms with E-state index < -0.39 is 12.2 Å². The Hall–Kier alpha value is -3.04. The molecule has 1 aliphatic rings. The van der Waals surface area contributed by atoms with Gasteiger partial charge < -0.3 is 30.6 Å². The lowest BCUT2D eigenvalue weighted by molar-refractivity contribution is -0.134. The van der Waals surface area contributed by atoms with Crippen LogP contribution in [0.25, 0.3) is 10.9 Å². The summed E-state index contributed by atoms with van der Waals surface area (Å²) in [7, 11) is 0. The molecule has 0 spiro atoms. The first kappa shape index (κ1) is 31.4. The zero-order valence-electron chi connectivity index (χ0n) is 25.2. The van der Waals surface area contributed by atoms with Crippen LogP contribution in [0, 0.1) is 0 Å². The number of fused-ring (bicyclic) bond motifs is 1. The van der Waals surface area contributed by atoms with Gasteiger partial charge in [-0.15, -0.1) is 0 Å². The lowest BCUT2D eigenvalue weighted by Gasteiger charge is -2.34. The van der Waals surface area contributed by atoms with E-state index in [0.29, 0.717) is 19.8 Å². The van der Waals surface area contributed by atoms with Crippen molar-refractivity contribution in [2.45, 2.75) is 69.7 Å². The van der Waals surface area contributed by atoms with Crippen LogP contribution in [0.4, 0.5) is 0 Å². The van der Waals surface area contributed by atoms with Crippen molar-refractivity contribution in [1.29, 1.82) is 0 Å². The number of unbranched alkanes of at least 4 members (excludes halogenated alkanes) is 3. The second-order valence-corrected chi connectivity index (χ2v) is 11.7. The predicted octanol–water partition coefficient (Wildman–Crippen LogP) is 5.04. The number of ether oxygens (including phenoxy) is 2. The third kappa shape index (κ3) is 9.22. The van der Waals surface area contributed by atoms with Crippen molar-refractivity contribution in [1.82, 2.24) is 15.2 Å². The Balaban J connectivity index is 1.34. The average molecular weight is 585 g/mol. The van der Waals surface area contributed by atoms with Crippen LogP contribution >= 0.6 is 0 Å². The molecule has 2 heterocycles. The van der Waals surface area contributed by atoms with Crippen molar-refractivity contribution in [2.24, 2.45) is 5.73 Å². The molecule has 5 rings (SSSR count). The highest BCUT2D eigenvalue weighted by molar-refractivity contribution is 5.83. The molecule has 0 aliphatic carbocycles. The van der Waals surface area contributed by atoms with E-state index in [1.54, 1.807) is 0 Å². The van der Waals surface area contributed by atoms with Gasteiger partial charge in [-0.3, -0.25) is 4.90 Å². The van der Waals surface area contributed by atoms with Crippen LogP contribution in [0.15, 0.2) is 91.1 Å².